The molecule has 2 amide bonds. The highest BCUT2D eigenvalue weighted by atomic mass is 32.2. The van der Waals surface area contributed by atoms with Crippen molar-refractivity contribution < 1.29 is 22.2 Å². The van der Waals surface area contributed by atoms with Crippen molar-refractivity contribution in [2.45, 2.75) is 0 Å². The molecule has 0 aliphatic heterocycles. The fraction of sp³-hybridized carbons (Fsp3) is 0. The molecule has 0 saturated carbocycles. The molecular formula is C17H14FN5O6S. The number of rotatable bonds is 5. The van der Waals surface area contributed by atoms with Gasteiger partial charge in [-0.05, 0) is 24.3 Å². The Morgan fingerprint density at radius 3 is 2.23 bits per heavy atom. The fourth-order valence-electron chi connectivity index (χ4n) is 2.49. The van der Waals surface area contributed by atoms with Gasteiger partial charge in [0.2, 0.25) is 0 Å². The maximum atomic E-state index is 14.5. The first kappa shape index (κ1) is 20.8. The zero-order chi connectivity index (χ0) is 21.9. The molecule has 156 valence electrons. The summed E-state index contributed by atoms with van der Waals surface area (Å²) in [6, 6.07) is 11.1. The predicted molar refractivity (Wildman–Crippen MR) is 106 cm³/mol. The normalized spacial score (nSPS) is 11.0. The van der Waals surface area contributed by atoms with E-state index in [4.69, 9.17) is 0 Å². The number of urea groups is 1. The van der Waals surface area contributed by atoms with Crippen LogP contribution in [-0.4, -0.2) is 29.0 Å². The number of nitrogens with zero attached hydrogens (tertiary/aromatic N) is 2. The zero-order valence-electron chi connectivity index (χ0n) is 14.9. The van der Waals surface area contributed by atoms with E-state index in [0.717, 1.165) is 12.1 Å². The van der Waals surface area contributed by atoms with E-state index in [1.54, 1.807) is 23.2 Å². The molecule has 0 spiro atoms. The summed E-state index contributed by atoms with van der Waals surface area (Å²) in [6.07, 6.45) is 0.651. The van der Waals surface area contributed by atoms with Crippen molar-refractivity contribution in [3.63, 3.8) is 0 Å². The van der Waals surface area contributed by atoms with E-state index in [-0.39, 0.29) is 15.1 Å². The lowest BCUT2D eigenvalue weighted by Gasteiger charge is -2.32. The number of nitrogens with one attached hydrogen (secondary N) is 3. The molecule has 1 aromatic heterocycles. The summed E-state index contributed by atoms with van der Waals surface area (Å²) in [5.74, 6) is -1.03. The number of amides is 2. The second-order valence-corrected chi connectivity index (χ2v) is 6.98. The number of halogens is 1. The van der Waals surface area contributed by atoms with Crippen LogP contribution in [0.15, 0.2) is 70.4 Å². The molecule has 3 aromatic rings. The number of H-pyrrole nitrogens is 2. The molecular weight excluding hydrogens is 421 g/mol. The van der Waals surface area contributed by atoms with Crippen molar-refractivity contribution in [3.8, 4) is 0 Å². The Balaban J connectivity index is 2.22. The molecule has 0 unspecified atom stereocenters. The monoisotopic (exact) mass is 435 g/mol. The molecule has 3 rings (SSSR count). The summed E-state index contributed by atoms with van der Waals surface area (Å²) in [7, 11) is -5.37. The van der Waals surface area contributed by atoms with Gasteiger partial charge in [0.25, 0.3) is 5.56 Å². The van der Waals surface area contributed by atoms with E-state index in [9.17, 15) is 31.7 Å². The number of benzene rings is 2. The Morgan fingerprint density at radius 2 is 1.63 bits per heavy atom. The average molecular weight is 435 g/mol. The Morgan fingerprint density at radius 1 is 1.00 bits per heavy atom. The van der Waals surface area contributed by atoms with E-state index >= 15 is 0 Å². The van der Waals surface area contributed by atoms with E-state index in [2.05, 4.69) is 5.32 Å². The molecule has 11 nitrogen and oxygen atoms in total. The lowest BCUT2D eigenvalue weighted by molar-refractivity contribution is 0.256. The van der Waals surface area contributed by atoms with Crippen LogP contribution >= 0.6 is 0 Å². The van der Waals surface area contributed by atoms with Crippen molar-refractivity contribution in [3.05, 3.63) is 87.4 Å². The highest BCUT2D eigenvalue weighted by Crippen LogP contribution is 2.26. The third-order valence-electron chi connectivity index (χ3n) is 3.70. The number of aromatic nitrogens is 2. The molecule has 2 aromatic carbocycles. The van der Waals surface area contributed by atoms with Gasteiger partial charge in [-0.3, -0.25) is 14.3 Å². The van der Waals surface area contributed by atoms with Crippen LogP contribution < -0.4 is 26.0 Å². The molecule has 4 N–H and O–H groups in total. The van der Waals surface area contributed by atoms with E-state index < -0.39 is 44.8 Å². The van der Waals surface area contributed by atoms with Crippen LogP contribution in [0, 0.1) is 5.82 Å². The Bertz CT molecular complexity index is 1290. The van der Waals surface area contributed by atoms with Gasteiger partial charge in [-0.1, -0.05) is 30.3 Å². The number of aromatic amines is 2. The van der Waals surface area contributed by atoms with Crippen LogP contribution in [0.1, 0.15) is 0 Å². The van der Waals surface area contributed by atoms with Crippen molar-refractivity contribution in [1.29, 1.82) is 0 Å². The molecule has 1 heterocycles. The van der Waals surface area contributed by atoms with Crippen molar-refractivity contribution >= 4 is 33.4 Å². The number of carbonyl (C=O) groups is 1. The third-order valence-corrected chi connectivity index (χ3v) is 4.50. The van der Waals surface area contributed by atoms with Gasteiger partial charge in [0.1, 0.15) is 11.5 Å². The lowest BCUT2D eigenvalue weighted by atomic mass is 10.3. The van der Waals surface area contributed by atoms with Crippen LogP contribution in [0.5, 0.6) is 0 Å². The summed E-state index contributed by atoms with van der Waals surface area (Å²) in [4.78, 5) is 40.2. The van der Waals surface area contributed by atoms with Gasteiger partial charge < -0.3 is 10.3 Å². The number of hydrogen-bond acceptors (Lipinski definition) is 5. The molecule has 0 aliphatic carbocycles. The first-order valence-electron chi connectivity index (χ1n) is 8.19. The lowest BCUT2D eigenvalue weighted by Crippen LogP contribution is -2.54. The van der Waals surface area contributed by atoms with E-state index in [1.165, 1.54) is 24.3 Å². The number of carbonyl (C=O) groups excluding carboxylic acids is 1. The Hall–Kier alpha value is -3.97. The molecule has 0 saturated heterocycles. The van der Waals surface area contributed by atoms with Gasteiger partial charge in [-0.15, -0.1) is 4.41 Å². The molecule has 30 heavy (non-hydrogen) atoms. The second-order valence-electron chi connectivity index (χ2n) is 5.74. The highest BCUT2D eigenvalue weighted by molar-refractivity contribution is 7.87. The van der Waals surface area contributed by atoms with Crippen LogP contribution in [0.2, 0.25) is 0 Å². The second kappa shape index (κ2) is 8.18. The summed E-state index contributed by atoms with van der Waals surface area (Å²) in [6.45, 7) is 0. The Kier molecular flexibility index (Phi) is 5.66. The average Bonchev–Trinajstić information content (AvgIpc) is 2.67. The van der Waals surface area contributed by atoms with Crippen LogP contribution in [0.3, 0.4) is 0 Å². The van der Waals surface area contributed by atoms with Crippen molar-refractivity contribution in [2.24, 2.45) is 0 Å². The molecule has 0 aliphatic rings. The van der Waals surface area contributed by atoms with Gasteiger partial charge in [0.05, 0.1) is 0 Å². The predicted octanol–water partition coefficient (Wildman–Crippen LogP) is 1.47. The quantitative estimate of drug-likeness (QED) is 0.351. The summed E-state index contributed by atoms with van der Waals surface area (Å²) in [5, 5.41) is 2.55. The first-order chi connectivity index (χ1) is 14.2. The number of hydrogen-bond donors (Lipinski definition) is 4. The maximum Gasteiger partial charge on any atom is 0.378 e. The minimum atomic E-state index is -5.37. The smallest absolute Gasteiger partial charge is 0.312 e. The molecule has 0 fully saturated rings. The summed E-state index contributed by atoms with van der Waals surface area (Å²) >= 11 is 0. The first-order valence-corrected chi connectivity index (χ1v) is 9.58. The topological polar surface area (TPSA) is 156 Å². The molecule has 13 heteroatoms. The van der Waals surface area contributed by atoms with Crippen molar-refractivity contribution in [1.82, 2.24) is 9.97 Å². The van der Waals surface area contributed by atoms with Crippen LogP contribution in [0.4, 0.5) is 26.2 Å². The van der Waals surface area contributed by atoms with Crippen LogP contribution in [-0.2, 0) is 10.3 Å². The molecule has 0 atom stereocenters. The van der Waals surface area contributed by atoms with Gasteiger partial charge in [0, 0.05) is 11.9 Å². The molecule has 0 radical (unpaired) electrons. The molecule has 0 bridgehead atoms. The van der Waals surface area contributed by atoms with E-state index in [1.807, 2.05) is 4.98 Å². The minimum Gasteiger partial charge on any atom is -0.312 e. The summed E-state index contributed by atoms with van der Waals surface area (Å²) in [5.41, 5.74) is -3.48. The number of para-hydroxylation sites is 2. The van der Waals surface area contributed by atoms with E-state index in [0.29, 0.717) is 6.20 Å². The highest BCUT2D eigenvalue weighted by Gasteiger charge is 2.36. The third kappa shape index (κ3) is 4.37. The van der Waals surface area contributed by atoms with Gasteiger partial charge in [-0.25, -0.2) is 14.0 Å². The van der Waals surface area contributed by atoms with Gasteiger partial charge in [0.15, 0.2) is 5.69 Å². The standard InChI is InChI=1S/C17H14FN5O6S/c18-12-8-4-5-9-13(12)22(17(26)20-11-6-2-1-3-7-11)23(30(27,28)29)14-10-19-16(25)21-15(14)24/h1-10H,(H,20,26)(H,27,28,29)(H2,19,21,24,25). The fourth-order valence-corrected chi connectivity index (χ4v) is 3.24. The number of hydrazine groups is 1. The minimum absolute atomic E-state index is 0.140. The van der Waals surface area contributed by atoms with Crippen molar-refractivity contribution in [2.75, 3.05) is 14.7 Å². The Labute approximate surface area is 168 Å². The van der Waals surface area contributed by atoms with Gasteiger partial charge >= 0.3 is 22.0 Å². The zero-order valence-corrected chi connectivity index (χ0v) is 15.8. The maximum absolute atomic E-state index is 14.5. The summed E-state index contributed by atoms with van der Waals surface area (Å²) < 4.78 is 48.4. The SMILES string of the molecule is O=C(Nc1ccccc1)N(c1ccccc1F)N(c1c[nH]c(=O)[nH]c1=O)S(=O)(=O)O. The van der Waals surface area contributed by atoms with Gasteiger partial charge in [-0.2, -0.15) is 13.4 Å². The number of anilines is 3. The van der Waals surface area contributed by atoms with Crippen LogP contribution in [0.25, 0.3) is 0 Å². The largest absolute Gasteiger partial charge is 0.378 e.